The Morgan fingerprint density at radius 2 is 1.56 bits per heavy atom. The minimum absolute atomic E-state index is 0.00625. The maximum Gasteiger partial charge on any atom is 0.264 e. The van der Waals surface area contributed by atoms with Crippen LogP contribution in [0.2, 0.25) is 15.1 Å². The van der Waals surface area contributed by atoms with Crippen LogP contribution in [0.3, 0.4) is 0 Å². The Balaban J connectivity index is 2.08. The van der Waals surface area contributed by atoms with Gasteiger partial charge in [-0.05, 0) is 62.2 Å². The average Bonchev–Trinajstić information content (AvgIpc) is 2.90. The highest BCUT2D eigenvalue weighted by molar-refractivity contribution is 7.92. The summed E-state index contributed by atoms with van der Waals surface area (Å²) in [5.74, 6) is -0.936. The molecule has 1 N–H and O–H groups in total. The predicted molar refractivity (Wildman–Crippen MR) is 157 cm³/mol. The number of hydrogen-bond donors (Lipinski definition) is 1. The van der Waals surface area contributed by atoms with Crippen molar-refractivity contribution in [1.29, 1.82) is 0 Å². The number of aryl methyl sites for hydroxylation is 1. The average molecular weight is 611 g/mol. The second-order valence-electron chi connectivity index (χ2n) is 8.86. The van der Waals surface area contributed by atoms with E-state index in [1.165, 1.54) is 23.1 Å². The molecular weight excluding hydrogens is 581 g/mol. The van der Waals surface area contributed by atoms with Crippen LogP contribution >= 0.6 is 34.8 Å². The predicted octanol–water partition coefficient (Wildman–Crippen LogP) is 6.09. The lowest BCUT2D eigenvalue weighted by molar-refractivity contribution is -0.140. The third-order valence-electron chi connectivity index (χ3n) is 6.08. The molecule has 7 nitrogen and oxygen atoms in total. The van der Waals surface area contributed by atoms with Crippen molar-refractivity contribution in [3.63, 3.8) is 0 Å². The Hall–Kier alpha value is -2.78. The van der Waals surface area contributed by atoms with Crippen molar-refractivity contribution < 1.29 is 18.0 Å². The van der Waals surface area contributed by atoms with Crippen molar-refractivity contribution in [2.75, 3.05) is 17.4 Å². The van der Waals surface area contributed by atoms with Crippen LogP contribution in [-0.4, -0.2) is 44.3 Å². The number of carbonyl (C=O) groups excluding carboxylic acids is 2. The summed E-state index contributed by atoms with van der Waals surface area (Å²) >= 11 is 18.7. The van der Waals surface area contributed by atoms with Crippen LogP contribution in [0.1, 0.15) is 31.4 Å². The van der Waals surface area contributed by atoms with Crippen molar-refractivity contribution in [2.24, 2.45) is 0 Å². The molecule has 0 unspecified atom stereocenters. The van der Waals surface area contributed by atoms with Crippen molar-refractivity contribution in [1.82, 2.24) is 10.2 Å². The van der Waals surface area contributed by atoms with Gasteiger partial charge in [-0.1, -0.05) is 77.6 Å². The minimum Gasteiger partial charge on any atom is -0.355 e. The van der Waals surface area contributed by atoms with Gasteiger partial charge in [-0.15, -0.1) is 0 Å². The molecule has 0 fully saturated rings. The molecule has 11 heteroatoms. The molecule has 0 aliphatic carbocycles. The number of halogens is 3. The largest absolute Gasteiger partial charge is 0.355 e. The Labute approximate surface area is 244 Å². The van der Waals surface area contributed by atoms with Crippen molar-refractivity contribution in [2.45, 2.75) is 44.7 Å². The van der Waals surface area contributed by atoms with E-state index in [9.17, 15) is 18.0 Å². The number of carbonyl (C=O) groups is 2. The van der Waals surface area contributed by atoms with E-state index in [1.807, 2.05) is 6.92 Å². The van der Waals surface area contributed by atoms with E-state index in [4.69, 9.17) is 34.8 Å². The Morgan fingerprint density at radius 3 is 2.15 bits per heavy atom. The number of para-hydroxylation sites is 1. The first-order valence-electron chi connectivity index (χ1n) is 12.3. The number of rotatable bonds is 11. The van der Waals surface area contributed by atoms with Crippen molar-refractivity contribution in [3.05, 3.63) is 92.9 Å². The highest BCUT2D eigenvalue weighted by Crippen LogP contribution is 2.31. The fourth-order valence-corrected chi connectivity index (χ4v) is 6.09. The quantitative estimate of drug-likeness (QED) is 0.285. The third kappa shape index (κ3) is 7.45. The van der Waals surface area contributed by atoms with Crippen LogP contribution in [0.15, 0.2) is 71.6 Å². The van der Waals surface area contributed by atoms with Gasteiger partial charge in [-0.2, -0.15) is 0 Å². The summed E-state index contributed by atoms with van der Waals surface area (Å²) in [6.45, 7) is 5.20. The second-order valence-corrected chi connectivity index (χ2v) is 11.9. The molecule has 0 radical (unpaired) electrons. The molecule has 0 saturated carbocycles. The first-order chi connectivity index (χ1) is 18.5. The number of anilines is 1. The molecule has 3 rings (SSSR count). The summed E-state index contributed by atoms with van der Waals surface area (Å²) in [7, 11) is -4.21. The van der Waals surface area contributed by atoms with Crippen LogP contribution in [0.5, 0.6) is 0 Å². The molecule has 0 aliphatic rings. The van der Waals surface area contributed by atoms with E-state index in [2.05, 4.69) is 5.32 Å². The molecule has 0 bridgehead atoms. The molecule has 39 heavy (non-hydrogen) atoms. The highest BCUT2D eigenvalue weighted by atomic mass is 35.5. The molecular formula is C28H30Cl3N3O4S. The van der Waals surface area contributed by atoms with E-state index in [0.717, 1.165) is 9.87 Å². The van der Waals surface area contributed by atoms with Gasteiger partial charge in [0, 0.05) is 13.1 Å². The van der Waals surface area contributed by atoms with Gasteiger partial charge in [0.05, 0.1) is 25.7 Å². The van der Waals surface area contributed by atoms with Gasteiger partial charge in [0.1, 0.15) is 12.6 Å². The zero-order valence-electron chi connectivity index (χ0n) is 21.8. The lowest BCUT2D eigenvalue weighted by Crippen LogP contribution is -2.52. The fourth-order valence-electron chi connectivity index (χ4n) is 4.05. The number of likely N-dealkylation sites (N-methyl/N-ethyl adjacent to an activating group) is 1. The van der Waals surface area contributed by atoms with Crippen molar-refractivity contribution >= 4 is 62.3 Å². The maximum absolute atomic E-state index is 14.0. The standard InChI is InChI=1S/C28H30Cl3N3O4S/c1-4-25(28(36)32-5-2)33(17-20-12-15-22(29)24(31)16-20)27(35)18-34(26-9-7-6-8-23(26)30)39(37,38)21-13-10-19(3)11-14-21/h6-16,25H,4-5,17-18H2,1-3H3,(H,32,36)/t25-/m0/s1. The Morgan fingerprint density at radius 1 is 0.897 bits per heavy atom. The van der Waals surface area contributed by atoms with Gasteiger partial charge in [-0.3, -0.25) is 13.9 Å². The SMILES string of the molecule is CCNC(=O)[C@H](CC)N(Cc1ccc(Cl)c(Cl)c1)C(=O)CN(c1ccccc1Cl)S(=O)(=O)c1ccc(C)cc1. The van der Waals surface area contributed by atoms with E-state index >= 15 is 0 Å². The molecule has 208 valence electrons. The maximum atomic E-state index is 14.0. The molecule has 0 aliphatic heterocycles. The lowest BCUT2D eigenvalue weighted by Gasteiger charge is -2.33. The summed E-state index contributed by atoms with van der Waals surface area (Å²) in [6, 6.07) is 16.8. The van der Waals surface area contributed by atoms with E-state index in [0.29, 0.717) is 28.6 Å². The first-order valence-corrected chi connectivity index (χ1v) is 14.9. The van der Waals surface area contributed by atoms with Crippen LogP contribution in [0.25, 0.3) is 0 Å². The van der Waals surface area contributed by atoms with Crippen LogP contribution in [0.4, 0.5) is 5.69 Å². The fraction of sp³-hybridized carbons (Fsp3) is 0.286. The number of sulfonamides is 1. The Bertz CT molecular complexity index is 1430. The second kappa shape index (κ2) is 13.5. The molecule has 0 saturated heterocycles. The van der Waals surface area contributed by atoms with E-state index in [-0.39, 0.29) is 28.1 Å². The summed E-state index contributed by atoms with van der Waals surface area (Å²) in [5.41, 5.74) is 1.66. The number of nitrogens with zero attached hydrogens (tertiary/aromatic N) is 2. The zero-order valence-corrected chi connectivity index (χ0v) is 24.9. The van der Waals surface area contributed by atoms with Gasteiger partial charge in [0.25, 0.3) is 10.0 Å². The zero-order chi connectivity index (χ0) is 28.7. The number of benzene rings is 3. The van der Waals surface area contributed by atoms with E-state index in [1.54, 1.807) is 62.4 Å². The van der Waals surface area contributed by atoms with Gasteiger partial charge < -0.3 is 10.2 Å². The summed E-state index contributed by atoms with van der Waals surface area (Å²) in [5, 5.41) is 3.57. The summed E-state index contributed by atoms with van der Waals surface area (Å²) in [4.78, 5) is 28.3. The first kappa shape index (κ1) is 30.8. The Kier molecular flexibility index (Phi) is 10.7. The monoisotopic (exact) mass is 609 g/mol. The molecule has 0 aromatic heterocycles. The van der Waals surface area contributed by atoms with Crippen molar-refractivity contribution in [3.8, 4) is 0 Å². The molecule has 0 spiro atoms. The number of nitrogens with one attached hydrogen (secondary N) is 1. The normalized spacial score (nSPS) is 12.1. The molecule has 2 amide bonds. The highest BCUT2D eigenvalue weighted by Gasteiger charge is 2.34. The van der Waals surface area contributed by atoms with Gasteiger partial charge in [-0.25, -0.2) is 8.42 Å². The number of hydrogen-bond acceptors (Lipinski definition) is 4. The molecule has 3 aromatic rings. The smallest absolute Gasteiger partial charge is 0.264 e. The van der Waals surface area contributed by atoms with Crippen LogP contribution < -0.4 is 9.62 Å². The van der Waals surface area contributed by atoms with Gasteiger partial charge in [0.2, 0.25) is 11.8 Å². The molecule has 3 aromatic carbocycles. The minimum atomic E-state index is -4.21. The lowest BCUT2D eigenvalue weighted by atomic mass is 10.1. The summed E-state index contributed by atoms with van der Waals surface area (Å²) < 4.78 is 28.7. The molecule has 0 heterocycles. The third-order valence-corrected chi connectivity index (χ3v) is 8.92. The van der Waals surface area contributed by atoms with Crippen LogP contribution in [-0.2, 0) is 26.2 Å². The van der Waals surface area contributed by atoms with Gasteiger partial charge >= 0.3 is 0 Å². The van der Waals surface area contributed by atoms with Crippen LogP contribution in [0, 0.1) is 6.92 Å². The number of amides is 2. The molecule has 1 atom stereocenters. The van der Waals surface area contributed by atoms with E-state index < -0.39 is 28.5 Å². The topological polar surface area (TPSA) is 86.8 Å². The summed E-state index contributed by atoms with van der Waals surface area (Å²) in [6.07, 6.45) is 0.301. The van der Waals surface area contributed by atoms with Gasteiger partial charge in [0.15, 0.2) is 0 Å².